The summed E-state index contributed by atoms with van der Waals surface area (Å²) in [6.45, 7) is 3.93. The molecule has 3 atom stereocenters. The zero-order valence-corrected chi connectivity index (χ0v) is 27.9. The van der Waals surface area contributed by atoms with Gasteiger partial charge in [0.2, 0.25) is 11.8 Å². The second-order valence-electron chi connectivity index (χ2n) is 14.5. The third kappa shape index (κ3) is 6.48. The Balaban J connectivity index is 0.00000357. The Morgan fingerprint density at radius 2 is 1.60 bits per heavy atom. The van der Waals surface area contributed by atoms with Crippen LogP contribution in [-0.2, 0) is 26.0 Å². The van der Waals surface area contributed by atoms with Crippen LogP contribution in [0.1, 0.15) is 75.0 Å². The summed E-state index contributed by atoms with van der Waals surface area (Å²) < 4.78 is 23.6. The number of likely N-dealkylation sites (tertiary alicyclic amines) is 2. The summed E-state index contributed by atoms with van der Waals surface area (Å²) in [4.78, 5) is 32.3. The number of amides is 2. The number of sulfone groups is 1. The predicted octanol–water partition coefficient (Wildman–Crippen LogP) is 5.71. The lowest BCUT2D eigenvalue weighted by Crippen LogP contribution is -2.50. The molecule has 4 fully saturated rings. The summed E-state index contributed by atoms with van der Waals surface area (Å²) >= 11 is 0. The predicted molar refractivity (Wildman–Crippen MR) is 177 cm³/mol. The summed E-state index contributed by atoms with van der Waals surface area (Å²) in [6.07, 6.45) is 12.7. The second kappa shape index (κ2) is 12.5. The van der Waals surface area contributed by atoms with Crippen LogP contribution >= 0.6 is 12.4 Å². The van der Waals surface area contributed by atoms with Gasteiger partial charge < -0.3 is 15.1 Å². The number of piperidine rings is 1. The van der Waals surface area contributed by atoms with Gasteiger partial charge in [0.25, 0.3) is 0 Å². The maximum Gasteiger partial charge on any atom is 0.230 e. The molecule has 2 saturated carbocycles. The van der Waals surface area contributed by atoms with Gasteiger partial charge in [-0.05, 0) is 106 Å². The van der Waals surface area contributed by atoms with E-state index in [2.05, 4.69) is 40.6 Å². The third-order valence-electron chi connectivity index (χ3n) is 11.4. The van der Waals surface area contributed by atoms with E-state index in [1.807, 2.05) is 23.1 Å². The van der Waals surface area contributed by atoms with Gasteiger partial charge in [-0.1, -0.05) is 54.1 Å². The Labute approximate surface area is 274 Å². The van der Waals surface area contributed by atoms with Gasteiger partial charge in [-0.2, -0.15) is 0 Å². The lowest BCUT2D eigenvalue weighted by molar-refractivity contribution is -0.139. The summed E-state index contributed by atoms with van der Waals surface area (Å²) in [6, 6.07) is 17.3. The molecule has 1 N–H and O–H groups in total. The summed E-state index contributed by atoms with van der Waals surface area (Å²) in [7, 11) is -3.24. The number of allylic oxidation sites excluding steroid dienone is 1. The fourth-order valence-electron chi connectivity index (χ4n) is 9.16. The monoisotopic (exact) mass is 651 g/mol. The van der Waals surface area contributed by atoms with Crippen molar-refractivity contribution in [3.05, 3.63) is 77.4 Å². The van der Waals surface area contributed by atoms with E-state index in [1.165, 1.54) is 31.1 Å². The van der Waals surface area contributed by atoms with Crippen LogP contribution in [0.2, 0.25) is 0 Å². The van der Waals surface area contributed by atoms with Gasteiger partial charge in [0.15, 0.2) is 9.84 Å². The van der Waals surface area contributed by atoms with E-state index in [9.17, 15) is 18.0 Å². The molecule has 1 spiro atoms. The Morgan fingerprint density at radius 1 is 0.956 bits per heavy atom. The standard InChI is InChI=1S/C36H45N3O4S.ClH/c1-44(42,43)31-9-7-26(8-10-31)25-39-18-14-35(34(39)41)12-16-38(17-13-35)15-11-32(30-5-3-2-4-6-30)37-33(40)36-22-27-19-28(23-36)21-29(20-27)24-36;/h2-10,22,28-29,32H,11-21,23-25H2,1H3,(H,37,40);1H/t28?,29?,32-,36?;/m0./s1. The molecule has 8 rings (SSSR count). The first-order chi connectivity index (χ1) is 21.1. The number of nitrogens with zero attached hydrogens (tertiary/aromatic N) is 2. The molecular formula is C36H46ClN3O4S. The van der Waals surface area contributed by atoms with E-state index >= 15 is 0 Å². The van der Waals surface area contributed by atoms with Crippen molar-refractivity contribution in [2.24, 2.45) is 22.7 Å². The first-order valence-electron chi connectivity index (χ1n) is 16.5. The van der Waals surface area contributed by atoms with Crippen LogP contribution in [0.25, 0.3) is 0 Å². The molecule has 2 unspecified atom stereocenters. The number of rotatable bonds is 9. The summed E-state index contributed by atoms with van der Waals surface area (Å²) in [5.74, 6) is 1.82. The highest BCUT2D eigenvalue weighted by molar-refractivity contribution is 7.90. The smallest absolute Gasteiger partial charge is 0.230 e. The van der Waals surface area contributed by atoms with Gasteiger partial charge >= 0.3 is 0 Å². The van der Waals surface area contributed by atoms with Crippen molar-refractivity contribution >= 4 is 34.1 Å². The molecule has 2 aliphatic heterocycles. The van der Waals surface area contributed by atoms with Crippen LogP contribution < -0.4 is 5.32 Å². The van der Waals surface area contributed by atoms with Crippen molar-refractivity contribution < 1.29 is 18.0 Å². The quantitative estimate of drug-likeness (QED) is 0.351. The van der Waals surface area contributed by atoms with Crippen molar-refractivity contribution in [3.63, 3.8) is 0 Å². The largest absolute Gasteiger partial charge is 0.348 e. The van der Waals surface area contributed by atoms with Crippen LogP contribution in [0.3, 0.4) is 0 Å². The van der Waals surface area contributed by atoms with Crippen LogP contribution in [0.15, 0.2) is 71.1 Å². The van der Waals surface area contributed by atoms with Crippen LogP contribution in [-0.4, -0.2) is 62.5 Å². The normalized spacial score (nSPS) is 27.7. The fourth-order valence-corrected chi connectivity index (χ4v) is 9.79. The topological polar surface area (TPSA) is 86.8 Å². The molecule has 2 aromatic rings. The van der Waals surface area contributed by atoms with Gasteiger partial charge in [0.05, 0.1) is 21.8 Å². The third-order valence-corrected chi connectivity index (χ3v) is 12.5. The molecule has 9 heteroatoms. The summed E-state index contributed by atoms with van der Waals surface area (Å²) in [5, 5.41) is 3.52. The van der Waals surface area contributed by atoms with Crippen molar-refractivity contribution in [2.75, 3.05) is 32.4 Å². The molecule has 242 valence electrons. The average Bonchev–Trinajstić information content (AvgIpc) is 3.29. The molecule has 6 aliphatic rings. The van der Waals surface area contributed by atoms with Gasteiger partial charge in [-0.15, -0.1) is 12.4 Å². The lowest BCUT2D eigenvalue weighted by Gasteiger charge is -2.51. The Morgan fingerprint density at radius 3 is 2.22 bits per heavy atom. The van der Waals surface area contributed by atoms with E-state index in [0.29, 0.717) is 23.3 Å². The number of carbonyl (C=O) groups is 2. The zero-order chi connectivity index (χ0) is 30.5. The number of hydrogen-bond acceptors (Lipinski definition) is 5. The van der Waals surface area contributed by atoms with Crippen LogP contribution in [0.4, 0.5) is 0 Å². The average molecular weight is 652 g/mol. The van der Waals surface area contributed by atoms with Gasteiger partial charge in [0, 0.05) is 25.9 Å². The van der Waals surface area contributed by atoms with Gasteiger partial charge in [-0.3, -0.25) is 9.59 Å². The lowest BCUT2D eigenvalue weighted by atomic mass is 9.54. The molecule has 2 heterocycles. The molecule has 2 amide bonds. The highest BCUT2D eigenvalue weighted by atomic mass is 35.5. The minimum Gasteiger partial charge on any atom is -0.348 e. The van der Waals surface area contributed by atoms with Gasteiger partial charge in [0.1, 0.15) is 0 Å². The van der Waals surface area contributed by atoms with Crippen molar-refractivity contribution in [1.29, 1.82) is 0 Å². The molecule has 2 saturated heterocycles. The first kappa shape index (κ1) is 32.3. The summed E-state index contributed by atoms with van der Waals surface area (Å²) in [5.41, 5.74) is 3.04. The number of halogens is 1. The number of benzene rings is 2. The SMILES string of the molecule is CS(=O)(=O)c1ccc(CN2CCC3(CCN(CC[C@H](NC(=O)C45C=C6CC(CC(C6)C4)C5)c4ccccc4)CC3)C2=O)cc1.Cl. The maximum atomic E-state index is 13.9. The van der Waals surface area contributed by atoms with E-state index in [1.54, 1.807) is 12.1 Å². The van der Waals surface area contributed by atoms with Crippen LogP contribution in [0, 0.1) is 22.7 Å². The molecule has 0 aromatic heterocycles. The van der Waals surface area contributed by atoms with Crippen molar-refractivity contribution in [1.82, 2.24) is 15.1 Å². The molecule has 4 bridgehead atoms. The molecule has 4 aliphatic carbocycles. The highest BCUT2D eigenvalue weighted by Gasteiger charge is 2.51. The van der Waals surface area contributed by atoms with E-state index < -0.39 is 9.84 Å². The Kier molecular flexibility index (Phi) is 8.96. The van der Waals surface area contributed by atoms with Crippen molar-refractivity contribution in [2.45, 2.75) is 75.3 Å². The minimum atomic E-state index is -3.24. The maximum absolute atomic E-state index is 13.9. The first-order valence-corrected chi connectivity index (χ1v) is 18.4. The van der Waals surface area contributed by atoms with E-state index in [-0.39, 0.29) is 41.1 Å². The fraction of sp³-hybridized carbons (Fsp3) is 0.556. The molecule has 2 aromatic carbocycles. The molecule has 45 heavy (non-hydrogen) atoms. The van der Waals surface area contributed by atoms with Crippen LogP contribution in [0.5, 0.6) is 0 Å². The van der Waals surface area contributed by atoms with E-state index in [0.717, 1.165) is 75.8 Å². The second-order valence-corrected chi connectivity index (χ2v) is 16.5. The molecule has 7 nitrogen and oxygen atoms in total. The van der Waals surface area contributed by atoms with Crippen molar-refractivity contribution in [3.8, 4) is 0 Å². The van der Waals surface area contributed by atoms with Gasteiger partial charge in [-0.25, -0.2) is 8.42 Å². The number of hydrogen-bond donors (Lipinski definition) is 1. The Hall–Kier alpha value is -2.68. The molecular weight excluding hydrogens is 606 g/mol. The minimum absolute atomic E-state index is 0. The Bertz CT molecular complexity index is 1530. The molecule has 0 radical (unpaired) electrons. The number of nitrogens with one attached hydrogen (secondary N) is 1. The van der Waals surface area contributed by atoms with E-state index in [4.69, 9.17) is 0 Å². The zero-order valence-electron chi connectivity index (χ0n) is 26.2. The number of carbonyl (C=O) groups excluding carboxylic acids is 2. The highest BCUT2D eigenvalue weighted by Crippen LogP contribution is 2.56.